The summed E-state index contributed by atoms with van der Waals surface area (Å²) in [6.07, 6.45) is 3.28. The summed E-state index contributed by atoms with van der Waals surface area (Å²) in [4.78, 5) is 40.3. The lowest BCUT2D eigenvalue weighted by Crippen LogP contribution is -2.53. The first kappa shape index (κ1) is 23.2. The number of amides is 2. The van der Waals surface area contributed by atoms with Crippen LogP contribution < -0.4 is 4.72 Å². The van der Waals surface area contributed by atoms with Crippen molar-refractivity contribution in [1.82, 2.24) is 14.5 Å². The molecule has 3 rings (SSSR count). The molecule has 2 amide bonds. The molecule has 9 nitrogen and oxygen atoms in total. The maximum Gasteiger partial charge on any atom is 0.326 e. The van der Waals surface area contributed by atoms with Crippen LogP contribution in [0.3, 0.4) is 0 Å². The smallest absolute Gasteiger partial charge is 0.326 e. The van der Waals surface area contributed by atoms with Crippen LogP contribution in [0.2, 0.25) is 0 Å². The number of likely N-dealkylation sites (tertiary alicyclic amines) is 2. The number of carboxylic acids is 1. The van der Waals surface area contributed by atoms with Gasteiger partial charge in [0.25, 0.3) is 0 Å². The van der Waals surface area contributed by atoms with Crippen LogP contribution in [-0.4, -0.2) is 72.8 Å². The second kappa shape index (κ2) is 10.2. The quantitative estimate of drug-likeness (QED) is 0.607. The summed E-state index contributed by atoms with van der Waals surface area (Å²) in [5.74, 6) is -2.42. The molecule has 2 aliphatic rings. The number of carboxylic acid groups (broad SMARTS) is 1. The van der Waals surface area contributed by atoms with Crippen molar-refractivity contribution >= 4 is 27.8 Å². The molecule has 0 aromatic heterocycles. The average Bonchev–Trinajstić information content (AvgIpc) is 3.24. The maximum absolute atomic E-state index is 13.2. The van der Waals surface area contributed by atoms with Gasteiger partial charge < -0.3 is 14.9 Å². The summed E-state index contributed by atoms with van der Waals surface area (Å²) in [5.41, 5.74) is 0.549. The fourth-order valence-electron chi connectivity index (χ4n) is 4.17. The number of nitrogens with one attached hydrogen (secondary N) is 1. The Morgan fingerprint density at radius 2 is 1.71 bits per heavy atom. The van der Waals surface area contributed by atoms with Crippen molar-refractivity contribution in [1.29, 1.82) is 0 Å². The van der Waals surface area contributed by atoms with Crippen molar-refractivity contribution in [2.24, 2.45) is 0 Å². The topological polar surface area (TPSA) is 124 Å². The molecule has 1 unspecified atom stereocenters. The molecule has 170 valence electrons. The van der Waals surface area contributed by atoms with Crippen LogP contribution in [-0.2, 0) is 30.2 Å². The van der Waals surface area contributed by atoms with E-state index in [1.165, 1.54) is 4.90 Å². The van der Waals surface area contributed by atoms with Gasteiger partial charge in [0.1, 0.15) is 12.1 Å². The molecule has 2 atom stereocenters. The van der Waals surface area contributed by atoms with Crippen molar-refractivity contribution in [3.63, 3.8) is 0 Å². The molecule has 0 saturated carbocycles. The Morgan fingerprint density at radius 1 is 1.03 bits per heavy atom. The number of carbonyl (C=O) groups is 3. The highest BCUT2D eigenvalue weighted by atomic mass is 32.2. The first-order chi connectivity index (χ1) is 14.8. The maximum atomic E-state index is 13.2. The zero-order valence-corrected chi connectivity index (χ0v) is 18.2. The van der Waals surface area contributed by atoms with Gasteiger partial charge in [-0.15, -0.1) is 0 Å². The van der Waals surface area contributed by atoms with E-state index >= 15 is 0 Å². The lowest BCUT2D eigenvalue weighted by Gasteiger charge is -2.30. The fraction of sp³-hybridized carbons (Fsp3) is 0.571. The van der Waals surface area contributed by atoms with Crippen molar-refractivity contribution in [2.45, 2.75) is 56.4 Å². The van der Waals surface area contributed by atoms with Crippen molar-refractivity contribution < 1.29 is 27.9 Å². The lowest BCUT2D eigenvalue weighted by atomic mass is 10.1. The highest BCUT2D eigenvalue weighted by Crippen LogP contribution is 2.21. The largest absolute Gasteiger partial charge is 0.480 e. The Morgan fingerprint density at radius 3 is 2.35 bits per heavy atom. The number of hydrogen-bond acceptors (Lipinski definition) is 5. The Labute approximate surface area is 182 Å². The van der Waals surface area contributed by atoms with Gasteiger partial charge in [-0.25, -0.2) is 17.9 Å². The molecule has 2 saturated heterocycles. The molecular formula is C21H29N3O6S. The number of carbonyl (C=O) groups excluding carboxylic acids is 2. The van der Waals surface area contributed by atoms with Gasteiger partial charge in [-0.2, -0.15) is 0 Å². The van der Waals surface area contributed by atoms with Crippen LogP contribution in [0.15, 0.2) is 30.3 Å². The summed E-state index contributed by atoms with van der Waals surface area (Å²) in [6, 6.07) is 6.20. The average molecular weight is 452 g/mol. The van der Waals surface area contributed by atoms with E-state index in [1.54, 1.807) is 35.2 Å². The van der Waals surface area contributed by atoms with Crippen LogP contribution in [0.4, 0.5) is 0 Å². The van der Waals surface area contributed by atoms with Crippen LogP contribution in [0, 0.1) is 0 Å². The molecule has 1 aromatic rings. The summed E-state index contributed by atoms with van der Waals surface area (Å²) < 4.78 is 27.9. The molecular weight excluding hydrogens is 422 g/mol. The minimum absolute atomic E-state index is 0.227. The van der Waals surface area contributed by atoms with Gasteiger partial charge >= 0.3 is 5.97 Å². The lowest BCUT2D eigenvalue weighted by molar-refractivity contribution is -0.149. The van der Waals surface area contributed by atoms with Crippen LogP contribution in [0.5, 0.6) is 0 Å². The van der Waals surface area contributed by atoms with E-state index in [2.05, 4.69) is 4.72 Å². The first-order valence-corrected chi connectivity index (χ1v) is 12.3. The Bertz CT molecular complexity index is 899. The number of nitrogens with zero attached hydrogens (tertiary/aromatic N) is 2. The first-order valence-electron chi connectivity index (χ1n) is 10.6. The van der Waals surface area contributed by atoms with Gasteiger partial charge in [0.2, 0.25) is 21.8 Å². The number of piperidine rings is 1. The highest BCUT2D eigenvalue weighted by Gasteiger charge is 2.39. The zero-order chi connectivity index (χ0) is 22.4. The molecule has 1 aromatic carbocycles. The summed E-state index contributed by atoms with van der Waals surface area (Å²) >= 11 is 0. The summed E-state index contributed by atoms with van der Waals surface area (Å²) in [5, 5.41) is 9.42. The van der Waals surface area contributed by atoms with E-state index < -0.39 is 34.0 Å². The van der Waals surface area contributed by atoms with Gasteiger partial charge in [0, 0.05) is 19.6 Å². The second-order valence-corrected chi connectivity index (χ2v) is 9.84. The van der Waals surface area contributed by atoms with Gasteiger partial charge in [-0.1, -0.05) is 30.3 Å². The molecule has 0 spiro atoms. The Kier molecular flexibility index (Phi) is 7.66. The highest BCUT2D eigenvalue weighted by molar-refractivity contribution is 7.88. The molecule has 0 radical (unpaired) electrons. The normalized spacial score (nSPS) is 20.5. The zero-order valence-electron chi connectivity index (χ0n) is 17.4. The molecule has 2 aliphatic heterocycles. The second-order valence-electron chi connectivity index (χ2n) is 8.09. The minimum Gasteiger partial charge on any atom is -0.480 e. The van der Waals surface area contributed by atoms with E-state index in [0.717, 1.165) is 19.3 Å². The predicted molar refractivity (Wildman–Crippen MR) is 113 cm³/mol. The van der Waals surface area contributed by atoms with Crippen molar-refractivity contribution in [3.8, 4) is 0 Å². The molecule has 31 heavy (non-hydrogen) atoms. The van der Waals surface area contributed by atoms with E-state index in [9.17, 15) is 27.9 Å². The predicted octanol–water partition coefficient (Wildman–Crippen LogP) is 0.953. The number of aliphatic carboxylic acids is 1. The Hall–Kier alpha value is -2.46. The molecule has 2 heterocycles. The molecule has 10 heteroatoms. The monoisotopic (exact) mass is 451 g/mol. The Balaban J connectivity index is 1.78. The van der Waals surface area contributed by atoms with Crippen LogP contribution in [0.1, 0.15) is 44.1 Å². The number of hydrogen-bond donors (Lipinski definition) is 2. The van der Waals surface area contributed by atoms with Crippen molar-refractivity contribution in [2.75, 3.05) is 19.6 Å². The van der Waals surface area contributed by atoms with Crippen LogP contribution >= 0.6 is 0 Å². The third kappa shape index (κ3) is 6.27. The minimum atomic E-state index is -3.94. The standard InChI is InChI=1S/C21H29N3O6S/c25-19(23-11-5-2-6-12-23)14-17(20(26)24-13-7-10-18(24)21(27)28)22-31(29,30)15-16-8-3-1-4-9-16/h1,3-4,8-9,17-18,22H,2,5-7,10-15H2,(H,27,28)/t17?,18-/m0/s1. The summed E-state index contributed by atoms with van der Waals surface area (Å²) in [7, 11) is -3.94. The molecule has 0 aliphatic carbocycles. The van der Waals surface area contributed by atoms with Gasteiger partial charge in [0.15, 0.2) is 0 Å². The van der Waals surface area contributed by atoms with Crippen molar-refractivity contribution in [3.05, 3.63) is 35.9 Å². The number of sulfonamides is 1. The number of rotatable bonds is 8. The third-order valence-electron chi connectivity index (χ3n) is 5.73. The van der Waals surface area contributed by atoms with Gasteiger partial charge in [-0.3, -0.25) is 9.59 Å². The fourth-order valence-corrected chi connectivity index (χ4v) is 5.50. The van der Waals surface area contributed by atoms with Gasteiger partial charge in [0.05, 0.1) is 12.2 Å². The molecule has 0 bridgehead atoms. The number of benzene rings is 1. The van der Waals surface area contributed by atoms with E-state index in [1.807, 2.05) is 0 Å². The SMILES string of the molecule is O=C(O)[C@@H]1CCCN1C(=O)C(CC(=O)N1CCCCC1)NS(=O)(=O)Cc1ccccc1. The third-order valence-corrected chi connectivity index (χ3v) is 7.08. The summed E-state index contributed by atoms with van der Waals surface area (Å²) in [6.45, 7) is 1.39. The van der Waals surface area contributed by atoms with E-state index in [0.29, 0.717) is 31.5 Å². The van der Waals surface area contributed by atoms with E-state index in [-0.39, 0.29) is 24.6 Å². The molecule has 2 N–H and O–H groups in total. The van der Waals surface area contributed by atoms with Gasteiger partial charge in [-0.05, 0) is 37.7 Å². The molecule has 2 fully saturated rings. The van der Waals surface area contributed by atoms with E-state index in [4.69, 9.17) is 0 Å². The van der Waals surface area contributed by atoms with Crippen LogP contribution in [0.25, 0.3) is 0 Å².